The molecule has 19 heavy (non-hydrogen) atoms. The van der Waals surface area contributed by atoms with E-state index >= 15 is 0 Å². The number of aromatic nitrogens is 2. The van der Waals surface area contributed by atoms with Crippen molar-refractivity contribution in [1.82, 2.24) is 10.2 Å². The first kappa shape index (κ1) is 12.2. The van der Waals surface area contributed by atoms with Gasteiger partial charge in [-0.3, -0.25) is 0 Å². The monoisotopic (exact) mass is 257 g/mol. The van der Waals surface area contributed by atoms with Crippen LogP contribution in [0.5, 0.6) is 0 Å². The summed E-state index contributed by atoms with van der Waals surface area (Å²) in [6.45, 7) is 2.09. The van der Waals surface area contributed by atoms with Crippen molar-refractivity contribution in [1.29, 1.82) is 0 Å². The quantitative estimate of drug-likeness (QED) is 0.826. The van der Waals surface area contributed by atoms with Crippen molar-refractivity contribution < 1.29 is 4.42 Å². The van der Waals surface area contributed by atoms with Crippen LogP contribution in [0.15, 0.2) is 34.7 Å². The van der Waals surface area contributed by atoms with Crippen LogP contribution in [0.25, 0.3) is 0 Å². The molecule has 0 bridgehead atoms. The van der Waals surface area contributed by atoms with E-state index in [0.29, 0.717) is 6.01 Å². The third-order valence-corrected chi connectivity index (χ3v) is 3.53. The fourth-order valence-corrected chi connectivity index (χ4v) is 2.47. The van der Waals surface area contributed by atoms with Crippen LogP contribution in [0.2, 0.25) is 0 Å². The number of rotatable bonds is 5. The van der Waals surface area contributed by atoms with Crippen molar-refractivity contribution in [3.05, 3.63) is 41.8 Å². The molecule has 0 radical (unpaired) electrons. The van der Waals surface area contributed by atoms with E-state index in [0.717, 1.165) is 38.2 Å². The summed E-state index contributed by atoms with van der Waals surface area (Å²) in [6, 6.07) is 11.2. The Morgan fingerprint density at radius 2 is 1.79 bits per heavy atom. The fraction of sp³-hybridized carbons (Fsp3) is 0.467. The van der Waals surface area contributed by atoms with Gasteiger partial charge < -0.3 is 9.32 Å². The van der Waals surface area contributed by atoms with Crippen LogP contribution in [0.1, 0.15) is 30.7 Å². The van der Waals surface area contributed by atoms with Crippen LogP contribution in [-0.2, 0) is 12.8 Å². The van der Waals surface area contributed by atoms with Gasteiger partial charge in [0, 0.05) is 19.5 Å². The van der Waals surface area contributed by atoms with E-state index in [4.69, 9.17) is 4.42 Å². The molecule has 1 aromatic carbocycles. The zero-order chi connectivity index (χ0) is 12.9. The summed E-state index contributed by atoms with van der Waals surface area (Å²) in [5, 5.41) is 8.27. The Bertz CT molecular complexity index is 503. The summed E-state index contributed by atoms with van der Waals surface area (Å²) in [7, 11) is 0. The highest BCUT2D eigenvalue weighted by Crippen LogP contribution is 2.19. The summed E-state index contributed by atoms with van der Waals surface area (Å²) < 4.78 is 5.71. The highest BCUT2D eigenvalue weighted by molar-refractivity contribution is 5.25. The van der Waals surface area contributed by atoms with Crippen LogP contribution >= 0.6 is 0 Å². The number of benzene rings is 1. The topological polar surface area (TPSA) is 42.2 Å². The van der Waals surface area contributed by atoms with Crippen LogP contribution < -0.4 is 4.90 Å². The number of nitrogens with zero attached hydrogens (tertiary/aromatic N) is 3. The van der Waals surface area contributed by atoms with Gasteiger partial charge in [0.25, 0.3) is 0 Å². The maximum atomic E-state index is 5.71. The Hall–Kier alpha value is -1.84. The maximum absolute atomic E-state index is 5.71. The average Bonchev–Trinajstić information content (AvgIpc) is 3.10. The van der Waals surface area contributed by atoms with Gasteiger partial charge in [0.1, 0.15) is 0 Å². The van der Waals surface area contributed by atoms with E-state index < -0.39 is 0 Å². The Kier molecular flexibility index (Phi) is 3.77. The van der Waals surface area contributed by atoms with Gasteiger partial charge >= 0.3 is 6.01 Å². The molecule has 0 aliphatic carbocycles. The van der Waals surface area contributed by atoms with Crippen LogP contribution in [0, 0.1) is 0 Å². The first-order chi connectivity index (χ1) is 9.42. The highest BCUT2D eigenvalue weighted by atomic mass is 16.4. The summed E-state index contributed by atoms with van der Waals surface area (Å²) in [6.07, 6.45) is 5.42. The lowest BCUT2D eigenvalue weighted by molar-refractivity contribution is 0.483. The molecular weight excluding hydrogens is 238 g/mol. The molecule has 1 aliphatic rings. The highest BCUT2D eigenvalue weighted by Gasteiger charge is 2.17. The van der Waals surface area contributed by atoms with Crippen molar-refractivity contribution in [3.8, 4) is 0 Å². The molecule has 1 saturated heterocycles. The molecule has 0 N–H and O–H groups in total. The molecule has 0 amide bonds. The first-order valence-electron chi connectivity index (χ1n) is 7.03. The minimum atomic E-state index is 0.701. The van der Waals surface area contributed by atoms with Crippen molar-refractivity contribution in [2.75, 3.05) is 18.0 Å². The van der Waals surface area contributed by atoms with Crippen molar-refractivity contribution in [3.63, 3.8) is 0 Å². The average molecular weight is 257 g/mol. The molecule has 2 aromatic rings. The van der Waals surface area contributed by atoms with Crippen LogP contribution in [0.4, 0.5) is 6.01 Å². The molecule has 0 saturated carbocycles. The molecular formula is C15H19N3O. The lowest BCUT2D eigenvalue weighted by Crippen LogP contribution is -2.17. The number of aryl methyl sites for hydroxylation is 2. The minimum Gasteiger partial charge on any atom is -0.408 e. The summed E-state index contributed by atoms with van der Waals surface area (Å²) >= 11 is 0. The summed E-state index contributed by atoms with van der Waals surface area (Å²) in [5.74, 6) is 0.762. The molecule has 4 heteroatoms. The standard InChI is InChI=1S/C15H19N3O/c1-2-7-13(8-3-1)9-6-10-14-16-17-15(19-14)18-11-4-5-12-18/h1-3,7-8H,4-6,9-12H2. The van der Waals surface area contributed by atoms with E-state index in [1.807, 2.05) is 6.07 Å². The third-order valence-electron chi connectivity index (χ3n) is 3.53. The molecule has 2 heterocycles. The maximum Gasteiger partial charge on any atom is 0.318 e. The molecule has 1 aliphatic heterocycles. The normalized spacial score (nSPS) is 15.1. The first-order valence-corrected chi connectivity index (χ1v) is 7.03. The molecule has 0 atom stereocenters. The Balaban J connectivity index is 1.50. The second kappa shape index (κ2) is 5.87. The fourth-order valence-electron chi connectivity index (χ4n) is 2.47. The van der Waals surface area contributed by atoms with Gasteiger partial charge in [0.05, 0.1) is 0 Å². The third kappa shape index (κ3) is 3.13. The minimum absolute atomic E-state index is 0.701. The molecule has 3 rings (SSSR count). The SMILES string of the molecule is c1ccc(CCCc2nnc(N3CCCC3)o2)cc1. The Labute approximate surface area is 113 Å². The Morgan fingerprint density at radius 1 is 1.00 bits per heavy atom. The zero-order valence-electron chi connectivity index (χ0n) is 11.1. The molecule has 1 fully saturated rings. The smallest absolute Gasteiger partial charge is 0.318 e. The molecule has 100 valence electrons. The van der Waals surface area contributed by atoms with Crippen molar-refractivity contribution in [2.24, 2.45) is 0 Å². The number of hydrogen-bond donors (Lipinski definition) is 0. The molecule has 0 spiro atoms. The predicted molar refractivity (Wildman–Crippen MR) is 74.2 cm³/mol. The van der Waals surface area contributed by atoms with Gasteiger partial charge in [-0.2, -0.15) is 0 Å². The molecule has 0 unspecified atom stereocenters. The van der Waals surface area contributed by atoms with Gasteiger partial charge in [0.2, 0.25) is 5.89 Å². The van der Waals surface area contributed by atoms with Crippen molar-refractivity contribution in [2.45, 2.75) is 32.1 Å². The van der Waals surface area contributed by atoms with E-state index in [-0.39, 0.29) is 0 Å². The largest absolute Gasteiger partial charge is 0.408 e. The van der Waals surface area contributed by atoms with Gasteiger partial charge in [0.15, 0.2) is 0 Å². The Morgan fingerprint density at radius 3 is 2.58 bits per heavy atom. The van der Waals surface area contributed by atoms with Crippen molar-refractivity contribution >= 4 is 6.01 Å². The number of anilines is 1. The second-order valence-electron chi connectivity index (χ2n) is 5.01. The van der Waals surface area contributed by atoms with Gasteiger partial charge in [-0.1, -0.05) is 35.4 Å². The van der Waals surface area contributed by atoms with Gasteiger partial charge in [-0.05, 0) is 31.2 Å². The second-order valence-corrected chi connectivity index (χ2v) is 5.01. The summed E-state index contributed by atoms with van der Waals surface area (Å²) in [5.41, 5.74) is 1.36. The van der Waals surface area contributed by atoms with Gasteiger partial charge in [-0.15, -0.1) is 5.10 Å². The predicted octanol–water partition coefficient (Wildman–Crippen LogP) is 2.85. The lowest BCUT2D eigenvalue weighted by atomic mass is 10.1. The lowest BCUT2D eigenvalue weighted by Gasteiger charge is -2.09. The van der Waals surface area contributed by atoms with Crippen LogP contribution in [0.3, 0.4) is 0 Å². The van der Waals surface area contributed by atoms with Gasteiger partial charge in [-0.25, -0.2) is 0 Å². The number of hydrogen-bond acceptors (Lipinski definition) is 4. The summed E-state index contributed by atoms with van der Waals surface area (Å²) in [4.78, 5) is 2.17. The van der Waals surface area contributed by atoms with E-state index in [9.17, 15) is 0 Å². The van der Waals surface area contributed by atoms with E-state index in [1.165, 1.54) is 18.4 Å². The van der Waals surface area contributed by atoms with E-state index in [1.54, 1.807) is 0 Å². The molecule has 1 aromatic heterocycles. The van der Waals surface area contributed by atoms with Crippen LogP contribution in [-0.4, -0.2) is 23.3 Å². The zero-order valence-corrected chi connectivity index (χ0v) is 11.1. The molecule has 4 nitrogen and oxygen atoms in total. The van der Waals surface area contributed by atoms with E-state index in [2.05, 4.69) is 39.4 Å².